The number of hydrogen-bond acceptors (Lipinski definition) is 6. The van der Waals surface area contributed by atoms with Crippen molar-refractivity contribution in [3.8, 4) is 0 Å². The Labute approximate surface area is 181 Å². The van der Waals surface area contributed by atoms with Gasteiger partial charge in [0.25, 0.3) is 0 Å². The number of aliphatic hydroxyl groups is 1. The second-order valence-corrected chi connectivity index (χ2v) is 8.41. The van der Waals surface area contributed by atoms with E-state index < -0.39 is 0 Å². The van der Waals surface area contributed by atoms with Gasteiger partial charge in [-0.3, -0.25) is 0 Å². The van der Waals surface area contributed by atoms with Crippen LogP contribution in [0.25, 0.3) is 0 Å². The van der Waals surface area contributed by atoms with Gasteiger partial charge in [-0.1, -0.05) is 6.07 Å². The van der Waals surface area contributed by atoms with Crippen LogP contribution in [-0.4, -0.2) is 55.9 Å². The zero-order chi connectivity index (χ0) is 21.5. The number of benzene rings is 1. The normalized spacial score (nSPS) is 15.4. The lowest BCUT2D eigenvalue weighted by Gasteiger charge is -2.31. The summed E-state index contributed by atoms with van der Waals surface area (Å²) >= 11 is 1.60. The molecule has 1 saturated heterocycles. The summed E-state index contributed by atoms with van der Waals surface area (Å²) in [5, 5.41) is 19.1. The van der Waals surface area contributed by atoms with Gasteiger partial charge in [0.15, 0.2) is 11.1 Å². The van der Waals surface area contributed by atoms with Gasteiger partial charge < -0.3 is 25.5 Å². The molecule has 1 aromatic heterocycles. The molecule has 0 radical (unpaired) electrons. The highest BCUT2D eigenvalue weighted by atomic mass is 32.1. The molecule has 3 rings (SSSR count). The lowest BCUT2D eigenvalue weighted by Crippen LogP contribution is -2.37. The van der Waals surface area contributed by atoms with Gasteiger partial charge in [-0.25, -0.2) is 14.4 Å². The van der Waals surface area contributed by atoms with Gasteiger partial charge in [0.05, 0.1) is 30.6 Å². The Morgan fingerprint density at radius 1 is 1.33 bits per heavy atom. The van der Waals surface area contributed by atoms with Crippen molar-refractivity contribution < 1.29 is 9.50 Å². The third-order valence-corrected chi connectivity index (χ3v) is 6.00. The average molecular weight is 435 g/mol. The summed E-state index contributed by atoms with van der Waals surface area (Å²) in [6, 6.07) is 5.29. The molecule has 7 nitrogen and oxygen atoms in total. The molecule has 0 unspecified atom stereocenters. The Morgan fingerprint density at radius 2 is 2.10 bits per heavy atom. The number of nitrogens with one attached hydrogen (secondary N) is 2. The van der Waals surface area contributed by atoms with Crippen molar-refractivity contribution >= 4 is 28.1 Å². The number of piperidine rings is 1. The third-order valence-electron chi connectivity index (χ3n) is 4.94. The summed E-state index contributed by atoms with van der Waals surface area (Å²) in [5.74, 6) is 0.433. The van der Waals surface area contributed by atoms with Gasteiger partial charge in [-0.2, -0.15) is 0 Å². The second-order valence-electron chi connectivity index (χ2n) is 7.57. The molecule has 0 bridgehead atoms. The number of aliphatic imine (C=N–C) groups is 1. The Kier molecular flexibility index (Phi) is 7.87. The highest BCUT2D eigenvalue weighted by Crippen LogP contribution is 2.24. The van der Waals surface area contributed by atoms with E-state index >= 15 is 0 Å². The maximum absolute atomic E-state index is 14.6. The molecule has 0 amide bonds. The minimum Gasteiger partial charge on any atom is -0.393 e. The quantitative estimate of drug-likeness (QED) is 0.459. The lowest BCUT2D eigenvalue weighted by atomic mass is 10.1. The predicted octanol–water partition coefficient (Wildman–Crippen LogP) is 2.56. The third kappa shape index (κ3) is 6.06. The minimum absolute atomic E-state index is 0.240. The van der Waals surface area contributed by atoms with Crippen LogP contribution in [0.15, 0.2) is 28.6 Å². The van der Waals surface area contributed by atoms with Crippen molar-refractivity contribution in [2.24, 2.45) is 4.99 Å². The van der Waals surface area contributed by atoms with E-state index in [-0.39, 0.29) is 11.9 Å². The van der Waals surface area contributed by atoms with E-state index in [0.717, 1.165) is 22.9 Å². The van der Waals surface area contributed by atoms with E-state index in [9.17, 15) is 9.50 Å². The molecule has 2 aromatic rings. The summed E-state index contributed by atoms with van der Waals surface area (Å²) < 4.78 is 14.6. The zero-order valence-corrected chi connectivity index (χ0v) is 18.7. The van der Waals surface area contributed by atoms with Crippen LogP contribution in [0.1, 0.15) is 31.0 Å². The highest BCUT2D eigenvalue weighted by Gasteiger charge is 2.19. The first-order valence-corrected chi connectivity index (χ1v) is 11.2. The number of aromatic nitrogens is 1. The number of anilines is 2. The van der Waals surface area contributed by atoms with Gasteiger partial charge in [0.2, 0.25) is 0 Å². The van der Waals surface area contributed by atoms with Gasteiger partial charge >= 0.3 is 0 Å². The van der Waals surface area contributed by atoms with Crippen molar-refractivity contribution in [2.75, 3.05) is 43.5 Å². The summed E-state index contributed by atoms with van der Waals surface area (Å²) in [5.41, 5.74) is 2.37. The molecule has 0 aliphatic carbocycles. The van der Waals surface area contributed by atoms with E-state index in [0.29, 0.717) is 50.7 Å². The summed E-state index contributed by atoms with van der Waals surface area (Å²) in [7, 11) is 3.95. The number of nitrogens with zero attached hydrogens (tertiary/aromatic N) is 4. The fourth-order valence-corrected chi connectivity index (χ4v) is 4.04. The smallest absolute Gasteiger partial charge is 0.191 e. The highest BCUT2D eigenvalue weighted by molar-refractivity contribution is 7.13. The molecule has 1 aliphatic heterocycles. The topological polar surface area (TPSA) is 76.0 Å². The second kappa shape index (κ2) is 10.6. The SMILES string of the molecule is CCNC(=NCc1ccc(N2CCC(O)CC2)c(F)c1)NCc1csc(N(C)C)n1. The van der Waals surface area contributed by atoms with Crippen LogP contribution in [0.3, 0.4) is 0 Å². The molecular formula is C21H31FN6OS. The Morgan fingerprint density at radius 3 is 2.73 bits per heavy atom. The number of thiazole rings is 1. The van der Waals surface area contributed by atoms with E-state index in [1.807, 2.05) is 48.3 Å². The first-order valence-electron chi connectivity index (χ1n) is 10.3. The summed E-state index contributed by atoms with van der Waals surface area (Å²) in [4.78, 5) is 13.1. The first kappa shape index (κ1) is 22.3. The molecular weight excluding hydrogens is 403 g/mol. The number of hydrogen-bond donors (Lipinski definition) is 3. The Hall–Kier alpha value is -2.39. The van der Waals surface area contributed by atoms with Crippen molar-refractivity contribution in [1.29, 1.82) is 0 Å². The van der Waals surface area contributed by atoms with E-state index in [1.165, 1.54) is 0 Å². The number of aliphatic hydroxyl groups excluding tert-OH is 1. The molecule has 0 spiro atoms. The molecule has 3 N–H and O–H groups in total. The Balaban J connectivity index is 1.60. The largest absolute Gasteiger partial charge is 0.393 e. The number of guanidine groups is 1. The molecule has 1 aromatic carbocycles. The zero-order valence-electron chi connectivity index (χ0n) is 17.9. The first-order chi connectivity index (χ1) is 14.5. The van der Waals surface area contributed by atoms with Crippen LogP contribution in [0, 0.1) is 5.82 Å². The molecule has 2 heterocycles. The average Bonchev–Trinajstić information content (AvgIpc) is 3.20. The molecule has 0 atom stereocenters. The van der Waals surface area contributed by atoms with Gasteiger partial charge in [-0.15, -0.1) is 11.3 Å². The standard InChI is InChI=1S/C21H31FN6OS/c1-4-23-20(25-13-16-14-30-21(26-16)27(2)3)24-12-15-5-6-19(18(22)11-15)28-9-7-17(29)8-10-28/h5-6,11,14,17,29H,4,7-10,12-13H2,1-3H3,(H2,23,24,25). The van der Waals surface area contributed by atoms with Crippen molar-refractivity contribution in [3.63, 3.8) is 0 Å². The van der Waals surface area contributed by atoms with E-state index in [2.05, 4.69) is 20.6 Å². The van der Waals surface area contributed by atoms with Crippen LogP contribution in [0.4, 0.5) is 15.2 Å². The van der Waals surface area contributed by atoms with Gasteiger partial charge in [-0.05, 0) is 37.5 Å². The maximum Gasteiger partial charge on any atom is 0.191 e. The monoisotopic (exact) mass is 434 g/mol. The van der Waals surface area contributed by atoms with Crippen LogP contribution in [-0.2, 0) is 13.1 Å². The molecule has 30 heavy (non-hydrogen) atoms. The fourth-order valence-electron chi connectivity index (χ4n) is 3.28. The molecule has 9 heteroatoms. The van der Waals surface area contributed by atoms with Crippen LogP contribution >= 0.6 is 11.3 Å². The molecule has 1 fully saturated rings. The summed E-state index contributed by atoms with van der Waals surface area (Å²) in [6.07, 6.45) is 1.09. The summed E-state index contributed by atoms with van der Waals surface area (Å²) in [6.45, 7) is 5.05. The van der Waals surface area contributed by atoms with Crippen molar-refractivity contribution in [3.05, 3.63) is 40.7 Å². The van der Waals surface area contributed by atoms with Crippen LogP contribution in [0.5, 0.6) is 0 Å². The van der Waals surface area contributed by atoms with Crippen LogP contribution in [0.2, 0.25) is 0 Å². The minimum atomic E-state index is -0.270. The fraction of sp³-hybridized carbons (Fsp3) is 0.524. The van der Waals surface area contributed by atoms with E-state index in [1.54, 1.807) is 17.4 Å². The van der Waals surface area contributed by atoms with Crippen molar-refractivity contribution in [1.82, 2.24) is 15.6 Å². The maximum atomic E-state index is 14.6. The number of halogens is 1. The number of rotatable bonds is 7. The molecule has 164 valence electrons. The Bertz CT molecular complexity index is 848. The predicted molar refractivity (Wildman–Crippen MR) is 122 cm³/mol. The van der Waals surface area contributed by atoms with Crippen LogP contribution < -0.4 is 20.4 Å². The van der Waals surface area contributed by atoms with E-state index in [4.69, 9.17) is 0 Å². The van der Waals surface area contributed by atoms with Gasteiger partial charge in [0.1, 0.15) is 5.82 Å². The molecule has 1 aliphatic rings. The van der Waals surface area contributed by atoms with Gasteiger partial charge in [0, 0.05) is 39.1 Å². The van der Waals surface area contributed by atoms with Crippen molar-refractivity contribution in [2.45, 2.75) is 39.0 Å². The molecule has 0 saturated carbocycles. The lowest BCUT2D eigenvalue weighted by molar-refractivity contribution is 0.145.